The Morgan fingerprint density at radius 2 is 1.81 bits per heavy atom. The quantitative estimate of drug-likeness (QED) is 0.455. The van der Waals surface area contributed by atoms with E-state index in [-0.39, 0.29) is 24.6 Å². The second-order valence-electron chi connectivity index (χ2n) is 5.89. The maximum Gasteiger partial charge on any atom is 0.526 e. The van der Waals surface area contributed by atoms with E-state index >= 15 is 0 Å². The first-order chi connectivity index (χ1) is 12.7. The monoisotopic (exact) mass is 385 g/mol. The highest BCUT2D eigenvalue weighted by molar-refractivity contribution is 7.85. The van der Waals surface area contributed by atoms with Crippen molar-refractivity contribution in [2.45, 2.75) is 20.3 Å². The van der Waals surface area contributed by atoms with Crippen molar-refractivity contribution in [3.8, 4) is 5.75 Å². The van der Waals surface area contributed by atoms with Crippen LogP contribution < -0.4 is 9.64 Å². The summed E-state index contributed by atoms with van der Waals surface area (Å²) in [7, 11) is -3.98. The van der Waals surface area contributed by atoms with Crippen LogP contribution in [0, 0.1) is 13.1 Å². The van der Waals surface area contributed by atoms with Gasteiger partial charge in [0.15, 0.2) is 0 Å². The van der Waals surface area contributed by atoms with Crippen LogP contribution >= 0.6 is 0 Å². The summed E-state index contributed by atoms with van der Waals surface area (Å²) in [6, 6.07) is 7.31. The molecule has 1 aliphatic heterocycles. The van der Waals surface area contributed by atoms with Crippen LogP contribution in [0.25, 0.3) is 9.69 Å². The number of rotatable bonds is 6. The highest BCUT2D eigenvalue weighted by Gasteiger charge is 2.20. The Morgan fingerprint density at radius 1 is 1.19 bits per heavy atom. The number of anilines is 1. The lowest BCUT2D eigenvalue weighted by Crippen LogP contribution is -2.21. The molecular formula is C19H19N3O4S. The summed E-state index contributed by atoms with van der Waals surface area (Å²) in [4.78, 5) is 8.49. The van der Waals surface area contributed by atoms with Gasteiger partial charge < -0.3 is 9.64 Å². The van der Waals surface area contributed by atoms with Crippen molar-refractivity contribution in [3.05, 3.63) is 82.0 Å². The van der Waals surface area contributed by atoms with E-state index in [0.29, 0.717) is 11.3 Å². The van der Waals surface area contributed by atoms with Crippen LogP contribution in [0.5, 0.6) is 5.75 Å². The largest absolute Gasteiger partial charge is 0.526 e. The van der Waals surface area contributed by atoms with E-state index < -0.39 is 10.1 Å². The van der Waals surface area contributed by atoms with Crippen LogP contribution in [-0.4, -0.2) is 25.3 Å². The van der Waals surface area contributed by atoms with Gasteiger partial charge in [-0.3, -0.25) is 4.55 Å². The van der Waals surface area contributed by atoms with E-state index in [2.05, 4.69) is 9.69 Å². The van der Waals surface area contributed by atoms with E-state index in [4.69, 9.17) is 22.4 Å². The molecule has 7 nitrogen and oxygen atoms in total. The van der Waals surface area contributed by atoms with Crippen LogP contribution in [0.3, 0.4) is 0 Å². The first kappa shape index (κ1) is 20.2. The molecule has 0 fully saturated rings. The molecule has 1 N–H and O–H groups in total. The second kappa shape index (κ2) is 8.54. The summed E-state index contributed by atoms with van der Waals surface area (Å²) in [5.74, 6) is 0.263. The van der Waals surface area contributed by atoms with Crippen LogP contribution in [0.2, 0.25) is 0 Å². The molecule has 8 heteroatoms. The molecular weight excluding hydrogens is 366 g/mol. The molecule has 0 spiro atoms. The average molecular weight is 385 g/mol. The molecule has 1 aromatic carbocycles. The van der Waals surface area contributed by atoms with E-state index in [0.717, 1.165) is 17.1 Å². The fourth-order valence-corrected chi connectivity index (χ4v) is 3.22. The Hall–Kier alpha value is -3.07. The lowest BCUT2D eigenvalue weighted by Gasteiger charge is -2.29. The SMILES string of the molecule is [C-]#[N+]C([N+]#[C-])=C1C=C(C)N(c2cccc(OCCCS(=O)(=O)O)c2)C(C)=C1. The summed E-state index contributed by atoms with van der Waals surface area (Å²) in [5, 5.41) is 0. The van der Waals surface area contributed by atoms with Gasteiger partial charge in [0.2, 0.25) is 0 Å². The zero-order valence-corrected chi connectivity index (χ0v) is 15.8. The van der Waals surface area contributed by atoms with Gasteiger partial charge in [-0.2, -0.15) is 18.1 Å². The van der Waals surface area contributed by atoms with E-state index in [1.165, 1.54) is 0 Å². The molecule has 0 aliphatic carbocycles. The third kappa shape index (κ3) is 5.45. The Balaban J connectivity index is 2.19. The Morgan fingerprint density at radius 3 is 2.37 bits per heavy atom. The van der Waals surface area contributed by atoms with Gasteiger partial charge in [0, 0.05) is 23.1 Å². The molecule has 27 heavy (non-hydrogen) atoms. The smallest absolute Gasteiger partial charge is 0.493 e. The highest BCUT2D eigenvalue weighted by Crippen LogP contribution is 2.32. The molecule has 0 aromatic heterocycles. The molecule has 0 amide bonds. The molecule has 140 valence electrons. The minimum absolute atomic E-state index is 0.0317. The van der Waals surface area contributed by atoms with E-state index in [1.807, 2.05) is 36.9 Å². The zero-order chi connectivity index (χ0) is 20.0. The topological polar surface area (TPSA) is 75.6 Å². The first-order valence-corrected chi connectivity index (χ1v) is 9.70. The second-order valence-corrected chi connectivity index (χ2v) is 7.47. The predicted molar refractivity (Wildman–Crippen MR) is 103 cm³/mol. The fraction of sp³-hybridized carbons (Fsp3) is 0.263. The molecule has 0 bridgehead atoms. The molecule has 0 unspecified atom stereocenters. The molecule has 0 saturated heterocycles. The predicted octanol–water partition coefficient (Wildman–Crippen LogP) is 4.02. The van der Waals surface area contributed by atoms with E-state index in [9.17, 15) is 8.42 Å². The molecule has 1 heterocycles. The van der Waals surface area contributed by atoms with Crippen molar-refractivity contribution >= 4 is 15.8 Å². The van der Waals surface area contributed by atoms with Gasteiger partial charge in [0.05, 0.1) is 17.9 Å². The molecule has 1 aliphatic rings. The van der Waals surface area contributed by atoms with Crippen molar-refractivity contribution in [3.63, 3.8) is 0 Å². The summed E-state index contributed by atoms with van der Waals surface area (Å²) in [6.45, 7) is 18.1. The van der Waals surface area contributed by atoms with Gasteiger partial charge in [-0.05, 0) is 44.6 Å². The molecule has 0 saturated carbocycles. The summed E-state index contributed by atoms with van der Waals surface area (Å²) in [6.07, 6.45) is 3.77. The average Bonchev–Trinajstić information content (AvgIpc) is 2.59. The lowest BCUT2D eigenvalue weighted by molar-refractivity contribution is 0.316. The van der Waals surface area contributed by atoms with Gasteiger partial charge >= 0.3 is 5.82 Å². The third-order valence-electron chi connectivity index (χ3n) is 3.80. The van der Waals surface area contributed by atoms with Crippen molar-refractivity contribution in [1.29, 1.82) is 0 Å². The Bertz CT molecular complexity index is 970. The van der Waals surface area contributed by atoms with Crippen LogP contribution in [0.1, 0.15) is 20.3 Å². The number of ether oxygens (including phenoxy) is 1. The Kier molecular flexibility index (Phi) is 6.40. The van der Waals surface area contributed by atoms with Crippen molar-refractivity contribution < 1.29 is 17.7 Å². The normalized spacial score (nSPS) is 14.0. The number of benzene rings is 1. The molecule has 2 rings (SSSR count). The van der Waals surface area contributed by atoms with Crippen LogP contribution in [0.15, 0.2) is 59.2 Å². The lowest BCUT2D eigenvalue weighted by atomic mass is 10.1. The maximum atomic E-state index is 10.7. The van der Waals surface area contributed by atoms with Gasteiger partial charge in [0.25, 0.3) is 10.1 Å². The summed E-state index contributed by atoms with van der Waals surface area (Å²) < 4.78 is 35.8. The van der Waals surface area contributed by atoms with Gasteiger partial charge in [-0.15, -0.1) is 0 Å². The number of nitrogens with zero attached hydrogens (tertiary/aromatic N) is 3. The van der Waals surface area contributed by atoms with Gasteiger partial charge in [0.1, 0.15) is 18.9 Å². The molecule has 0 radical (unpaired) electrons. The van der Waals surface area contributed by atoms with Crippen molar-refractivity contribution in [2.24, 2.45) is 0 Å². The number of hydrogen-bond acceptors (Lipinski definition) is 4. The standard InChI is InChI=1S/C19H19N3O4S/c1-14-11-16(19(20-3)21-4)12-15(2)22(14)17-7-5-8-18(13-17)26-9-6-10-27(23,24)25/h5,7-8,11-13H,6,9-10H2,1-2H3,(H,23,24,25). The first-order valence-electron chi connectivity index (χ1n) is 8.09. The van der Waals surface area contributed by atoms with Crippen LogP contribution in [0.4, 0.5) is 5.69 Å². The maximum absolute atomic E-state index is 10.7. The van der Waals surface area contributed by atoms with Gasteiger partial charge in [-0.1, -0.05) is 6.07 Å². The zero-order valence-electron chi connectivity index (χ0n) is 15.0. The number of allylic oxidation sites excluding steroid dienone is 5. The summed E-state index contributed by atoms with van der Waals surface area (Å²) in [5.41, 5.74) is 3.15. The molecule has 1 aromatic rings. The van der Waals surface area contributed by atoms with Crippen LogP contribution in [-0.2, 0) is 10.1 Å². The minimum Gasteiger partial charge on any atom is -0.493 e. The third-order valence-corrected chi connectivity index (χ3v) is 4.60. The Labute approximate surface area is 159 Å². The number of hydrogen-bond donors (Lipinski definition) is 1. The van der Waals surface area contributed by atoms with Crippen molar-refractivity contribution in [2.75, 3.05) is 17.3 Å². The summed E-state index contributed by atoms with van der Waals surface area (Å²) >= 11 is 0. The highest BCUT2D eigenvalue weighted by atomic mass is 32.2. The van der Waals surface area contributed by atoms with Crippen molar-refractivity contribution in [1.82, 2.24) is 0 Å². The minimum atomic E-state index is -3.98. The molecule has 0 atom stereocenters. The van der Waals surface area contributed by atoms with Gasteiger partial charge in [-0.25, -0.2) is 0 Å². The van der Waals surface area contributed by atoms with E-state index in [1.54, 1.807) is 18.2 Å². The fourth-order valence-electron chi connectivity index (χ4n) is 2.73.